The summed E-state index contributed by atoms with van der Waals surface area (Å²) in [7, 11) is 3.28. The van der Waals surface area contributed by atoms with Gasteiger partial charge in [0.15, 0.2) is 0 Å². The summed E-state index contributed by atoms with van der Waals surface area (Å²) < 4.78 is 10.7. The van der Waals surface area contributed by atoms with Crippen molar-refractivity contribution in [2.75, 3.05) is 20.8 Å². The molecule has 0 saturated heterocycles. The van der Waals surface area contributed by atoms with Crippen LogP contribution in [-0.2, 0) is 11.3 Å². The van der Waals surface area contributed by atoms with Crippen LogP contribution in [0, 0.1) is 0 Å². The number of pyridine rings is 1. The molecule has 0 spiro atoms. The maximum Gasteiger partial charge on any atom is 0.119 e. The van der Waals surface area contributed by atoms with Crippen molar-refractivity contribution in [1.29, 1.82) is 0 Å². The molecule has 0 aliphatic rings. The van der Waals surface area contributed by atoms with Crippen LogP contribution in [0.1, 0.15) is 17.2 Å². The van der Waals surface area contributed by atoms with Gasteiger partial charge in [-0.1, -0.05) is 35.3 Å². The number of benzene rings is 1. The molecule has 2 aromatic rings. The first-order valence-electron chi connectivity index (χ1n) is 6.81. The lowest BCUT2D eigenvalue weighted by molar-refractivity contribution is 0.102. The van der Waals surface area contributed by atoms with E-state index in [1.54, 1.807) is 26.6 Å². The summed E-state index contributed by atoms with van der Waals surface area (Å²) in [5.74, 6) is 0.836. The lowest BCUT2D eigenvalue weighted by Crippen LogP contribution is -2.23. The first kappa shape index (κ1) is 17.0. The van der Waals surface area contributed by atoms with Crippen LogP contribution in [0.2, 0.25) is 10.0 Å². The van der Waals surface area contributed by atoms with Crippen molar-refractivity contribution in [3.05, 3.63) is 57.8 Å². The van der Waals surface area contributed by atoms with Gasteiger partial charge < -0.3 is 14.8 Å². The second-order valence-corrected chi connectivity index (χ2v) is 5.54. The molecule has 1 atom stereocenters. The molecule has 0 radical (unpaired) electrons. The van der Waals surface area contributed by atoms with Gasteiger partial charge in [0.25, 0.3) is 0 Å². The smallest absolute Gasteiger partial charge is 0.119 e. The number of aromatic nitrogens is 1. The number of nitrogens with one attached hydrogen (secondary N) is 1. The first-order valence-corrected chi connectivity index (χ1v) is 7.56. The SMILES string of the molecule is COc1cccc(CNCC(OC)c2c(Cl)cncc2Cl)c1. The fourth-order valence-electron chi connectivity index (χ4n) is 2.16. The zero-order chi connectivity index (χ0) is 15.9. The zero-order valence-electron chi connectivity index (χ0n) is 12.5. The molecule has 6 heteroatoms. The van der Waals surface area contributed by atoms with E-state index in [0.717, 1.165) is 16.9 Å². The zero-order valence-corrected chi connectivity index (χ0v) is 14.0. The van der Waals surface area contributed by atoms with Crippen molar-refractivity contribution in [3.8, 4) is 5.75 Å². The summed E-state index contributed by atoms with van der Waals surface area (Å²) in [5, 5.41) is 4.34. The highest BCUT2D eigenvalue weighted by Gasteiger charge is 2.17. The molecule has 0 aliphatic carbocycles. The minimum Gasteiger partial charge on any atom is -0.497 e. The number of halogens is 2. The summed E-state index contributed by atoms with van der Waals surface area (Å²) in [6, 6.07) is 7.89. The standard InChI is InChI=1S/C16H18Cl2N2O2/c1-21-12-5-3-4-11(6-12)7-19-10-15(22-2)16-13(17)8-20-9-14(16)18/h3-6,8-9,15,19H,7,10H2,1-2H3. The Balaban J connectivity index is 1.99. The van der Waals surface area contributed by atoms with E-state index in [0.29, 0.717) is 23.1 Å². The van der Waals surface area contributed by atoms with Crippen molar-refractivity contribution < 1.29 is 9.47 Å². The molecular formula is C16H18Cl2N2O2. The monoisotopic (exact) mass is 340 g/mol. The summed E-state index contributed by atoms with van der Waals surface area (Å²) >= 11 is 12.3. The van der Waals surface area contributed by atoms with Crippen LogP contribution in [0.4, 0.5) is 0 Å². The molecule has 22 heavy (non-hydrogen) atoms. The fourth-order valence-corrected chi connectivity index (χ4v) is 2.77. The minimum absolute atomic E-state index is 0.242. The molecule has 2 rings (SSSR count). The average molecular weight is 341 g/mol. The van der Waals surface area contributed by atoms with Gasteiger partial charge in [-0.05, 0) is 17.7 Å². The van der Waals surface area contributed by atoms with E-state index in [1.165, 1.54) is 0 Å². The molecule has 1 N–H and O–H groups in total. The van der Waals surface area contributed by atoms with E-state index in [-0.39, 0.29) is 6.10 Å². The predicted octanol–water partition coefficient (Wildman–Crippen LogP) is 3.87. The normalized spacial score (nSPS) is 12.2. The molecule has 0 saturated carbocycles. The molecular weight excluding hydrogens is 323 g/mol. The summed E-state index contributed by atoms with van der Waals surface area (Å²) in [6.07, 6.45) is 2.89. The van der Waals surface area contributed by atoms with E-state index in [9.17, 15) is 0 Å². The Hall–Kier alpha value is -1.33. The summed E-state index contributed by atoms with van der Waals surface area (Å²) in [6.45, 7) is 1.27. The number of hydrogen-bond donors (Lipinski definition) is 1. The van der Waals surface area contributed by atoms with Gasteiger partial charge in [0.05, 0.1) is 23.3 Å². The molecule has 1 heterocycles. The maximum atomic E-state index is 6.17. The minimum atomic E-state index is -0.242. The van der Waals surface area contributed by atoms with Crippen LogP contribution >= 0.6 is 23.2 Å². The third kappa shape index (κ3) is 4.34. The van der Waals surface area contributed by atoms with Crippen LogP contribution in [0.25, 0.3) is 0 Å². The molecule has 1 unspecified atom stereocenters. The Morgan fingerprint density at radius 3 is 2.55 bits per heavy atom. The summed E-state index contributed by atoms with van der Waals surface area (Å²) in [5.41, 5.74) is 1.88. The lowest BCUT2D eigenvalue weighted by Gasteiger charge is -2.19. The Labute approximate surface area is 140 Å². The van der Waals surface area contributed by atoms with Crippen molar-refractivity contribution in [3.63, 3.8) is 0 Å². The highest BCUT2D eigenvalue weighted by Crippen LogP contribution is 2.30. The van der Waals surface area contributed by atoms with Crippen molar-refractivity contribution in [1.82, 2.24) is 10.3 Å². The predicted molar refractivity (Wildman–Crippen MR) is 88.7 cm³/mol. The Morgan fingerprint density at radius 2 is 1.91 bits per heavy atom. The van der Waals surface area contributed by atoms with Crippen LogP contribution in [-0.4, -0.2) is 25.7 Å². The first-order chi connectivity index (χ1) is 10.7. The molecule has 0 aliphatic heterocycles. The Kier molecular flexibility index (Phi) is 6.46. The van der Waals surface area contributed by atoms with Gasteiger partial charge in [0.2, 0.25) is 0 Å². The van der Waals surface area contributed by atoms with Gasteiger partial charge in [-0.15, -0.1) is 0 Å². The van der Waals surface area contributed by atoms with E-state index in [2.05, 4.69) is 10.3 Å². The molecule has 1 aromatic carbocycles. The fraction of sp³-hybridized carbons (Fsp3) is 0.312. The Bertz CT molecular complexity index is 603. The number of ether oxygens (including phenoxy) is 2. The molecule has 118 valence electrons. The van der Waals surface area contributed by atoms with Gasteiger partial charge >= 0.3 is 0 Å². The second kappa shape index (κ2) is 8.34. The van der Waals surface area contributed by atoms with Crippen LogP contribution in [0.3, 0.4) is 0 Å². The van der Waals surface area contributed by atoms with Crippen LogP contribution in [0.5, 0.6) is 5.75 Å². The van der Waals surface area contributed by atoms with Gasteiger partial charge in [-0.25, -0.2) is 0 Å². The summed E-state index contributed by atoms with van der Waals surface area (Å²) in [4.78, 5) is 3.95. The van der Waals surface area contributed by atoms with E-state index >= 15 is 0 Å². The number of hydrogen-bond acceptors (Lipinski definition) is 4. The second-order valence-electron chi connectivity index (χ2n) is 4.72. The van der Waals surface area contributed by atoms with Crippen LogP contribution in [0.15, 0.2) is 36.7 Å². The van der Waals surface area contributed by atoms with Gasteiger partial charge in [0, 0.05) is 38.2 Å². The largest absolute Gasteiger partial charge is 0.497 e. The van der Waals surface area contributed by atoms with Gasteiger partial charge in [-0.3, -0.25) is 4.98 Å². The lowest BCUT2D eigenvalue weighted by atomic mass is 10.1. The maximum absolute atomic E-state index is 6.17. The highest BCUT2D eigenvalue weighted by molar-refractivity contribution is 6.35. The highest BCUT2D eigenvalue weighted by atomic mass is 35.5. The number of methoxy groups -OCH3 is 2. The molecule has 0 fully saturated rings. The van der Waals surface area contributed by atoms with E-state index in [4.69, 9.17) is 32.7 Å². The topological polar surface area (TPSA) is 43.4 Å². The van der Waals surface area contributed by atoms with Gasteiger partial charge in [0.1, 0.15) is 5.75 Å². The van der Waals surface area contributed by atoms with E-state index < -0.39 is 0 Å². The number of nitrogens with zero attached hydrogens (tertiary/aromatic N) is 1. The van der Waals surface area contributed by atoms with Crippen LogP contribution < -0.4 is 10.1 Å². The quantitative estimate of drug-likeness (QED) is 0.830. The average Bonchev–Trinajstić information content (AvgIpc) is 2.53. The third-order valence-electron chi connectivity index (χ3n) is 3.29. The van der Waals surface area contributed by atoms with Crippen molar-refractivity contribution in [2.24, 2.45) is 0 Å². The van der Waals surface area contributed by atoms with Crippen molar-refractivity contribution >= 4 is 23.2 Å². The molecule has 1 aromatic heterocycles. The molecule has 0 bridgehead atoms. The van der Waals surface area contributed by atoms with Gasteiger partial charge in [-0.2, -0.15) is 0 Å². The number of rotatable bonds is 7. The Morgan fingerprint density at radius 1 is 1.18 bits per heavy atom. The molecule has 0 amide bonds. The third-order valence-corrected chi connectivity index (χ3v) is 3.89. The van der Waals surface area contributed by atoms with E-state index in [1.807, 2.05) is 24.3 Å². The molecule has 4 nitrogen and oxygen atoms in total. The van der Waals surface area contributed by atoms with Crippen molar-refractivity contribution in [2.45, 2.75) is 12.6 Å².